The SMILES string of the molecule is O=S(=O)(c1ccccc1)n1c(SCc2ccccc2F)nc2ccccc21. The number of fused-ring (bicyclic) bond motifs is 1. The molecule has 0 aliphatic carbocycles. The van der Waals surface area contributed by atoms with Crippen LogP contribution in [0.2, 0.25) is 0 Å². The van der Waals surface area contributed by atoms with E-state index in [-0.39, 0.29) is 16.5 Å². The number of nitrogens with zero attached hydrogens (tertiary/aromatic N) is 2. The summed E-state index contributed by atoms with van der Waals surface area (Å²) in [7, 11) is -3.83. The Balaban J connectivity index is 1.82. The van der Waals surface area contributed by atoms with Crippen molar-refractivity contribution in [2.45, 2.75) is 15.8 Å². The molecule has 1 aromatic heterocycles. The fourth-order valence-electron chi connectivity index (χ4n) is 2.76. The van der Waals surface area contributed by atoms with E-state index in [0.29, 0.717) is 21.8 Å². The van der Waals surface area contributed by atoms with Gasteiger partial charge in [0.25, 0.3) is 10.0 Å². The third kappa shape index (κ3) is 3.36. The van der Waals surface area contributed by atoms with Crippen LogP contribution < -0.4 is 0 Å². The predicted octanol–water partition coefficient (Wildman–Crippen LogP) is 4.70. The van der Waals surface area contributed by atoms with Gasteiger partial charge in [-0.05, 0) is 35.9 Å². The zero-order valence-electron chi connectivity index (χ0n) is 14.1. The van der Waals surface area contributed by atoms with Gasteiger partial charge in [0.1, 0.15) is 5.82 Å². The molecule has 4 aromatic rings. The first-order valence-electron chi connectivity index (χ1n) is 8.22. The first-order chi connectivity index (χ1) is 13.1. The van der Waals surface area contributed by atoms with E-state index < -0.39 is 10.0 Å². The second-order valence-corrected chi connectivity index (χ2v) is 8.57. The van der Waals surface area contributed by atoms with Crippen LogP contribution in [0.5, 0.6) is 0 Å². The van der Waals surface area contributed by atoms with Crippen LogP contribution in [0, 0.1) is 5.82 Å². The normalized spacial score (nSPS) is 11.7. The number of thioether (sulfide) groups is 1. The average Bonchev–Trinajstić information content (AvgIpc) is 3.07. The number of para-hydroxylation sites is 2. The standard InChI is InChI=1S/C20H15FN2O2S2/c21-17-11-5-4-8-15(17)14-26-20-22-18-12-6-7-13-19(18)23(20)27(24,25)16-9-2-1-3-10-16/h1-13H,14H2. The summed E-state index contributed by atoms with van der Waals surface area (Å²) in [4.78, 5) is 4.65. The minimum Gasteiger partial charge on any atom is -0.222 e. The minimum atomic E-state index is -3.83. The van der Waals surface area contributed by atoms with Gasteiger partial charge in [-0.15, -0.1) is 0 Å². The van der Waals surface area contributed by atoms with Gasteiger partial charge in [0.15, 0.2) is 5.16 Å². The van der Waals surface area contributed by atoms with Crippen LogP contribution in [0.1, 0.15) is 5.56 Å². The molecular formula is C20H15FN2O2S2. The van der Waals surface area contributed by atoms with Gasteiger partial charge in [0.2, 0.25) is 0 Å². The van der Waals surface area contributed by atoms with Crippen molar-refractivity contribution >= 4 is 32.8 Å². The van der Waals surface area contributed by atoms with Crippen molar-refractivity contribution in [3.05, 3.63) is 90.2 Å². The molecule has 3 aromatic carbocycles. The lowest BCUT2D eigenvalue weighted by Gasteiger charge is -2.10. The molecular weight excluding hydrogens is 383 g/mol. The van der Waals surface area contributed by atoms with E-state index in [1.807, 2.05) is 0 Å². The molecule has 0 unspecified atom stereocenters. The van der Waals surface area contributed by atoms with E-state index in [2.05, 4.69) is 4.98 Å². The van der Waals surface area contributed by atoms with E-state index in [1.165, 1.54) is 21.8 Å². The quantitative estimate of drug-likeness (QED) is 0.457. The second kappa shape index (κ2) is 7.17. The number of halogens is 1. The fraction of sp³-hybridized carbons (Fsp3) is 0.0500. The number of benzene rings is 3. The Bertz CT molecular complexity index is 1210. The molecule has 0 saturated heterocycles. The Morgan fingerprint density at radius 2 is 1.56 bits per heavy atom. The molecule has 27 heavy (non-hydrogen) atoms. The van der Waals surface area contributed by atoms with Crippen molar-refractivity contribution in [1.82, 2.24) is 8.96 Å². The molecule has 0 bridgehead atoms. The molecule has 0 aliphatic rings. The van der Waals surface area contributed by atoms with Gasteiger partial charge >= 0.3 is 0 Å². The van der Waals surface area contributed by atoms with E-state index >= 15 is 0 Å². The van der Waals surface area contributed by atoms with Crippen LogP contribution in [0.15, 0.2) is 88.9 Å². The van der Waals surface area contributed by atoms with Crippen molar-refractivity contribution in [2.75, 3.05) is 0 Å². The first kappa shape index (κ1) is 17.8. The molecule has 0 spiro atoms. The van der Waals surface area contributed by atoms with Crippen LogP contribution in [0.4, 0.5) is 4.39 Å². The fourth-order valence-corrected chi connectivity index (χ4v) is 5.48. The zero-order valence-corrected chi connectivity index (χ0v) is 15.8. The molecule has 136 valence electrons. The Kier molecular flexibility index (Phi) is 4.72. The summed E-state index contributed by atoms with van der Waals surface area (Å²) in [5, 5.41) is 0.309. The number of hydrogen-bond donors (Lipinski definition) is 0. The van der Waals surface area contributed by atoms with Gasteiger partial charge in [-0.25, -0.2) is 21.8 Å². The molecule has 0 fully saturated rings. The maximum absolute atomic E-state index is 13.9. The highest BCUT2D eigenvalue weighted by Gasteiger charge is 2.24. The lowest BCUT2D eigenvalue weighted by atomic mass is 10.2. The maximum Gasteiger partial charge on any atom is 0.270 e. The van der Waals surface area contributed by atoms with Crippen LogP contribution in [-0.2, 0) is 15.8 Å². The molecule has 7 heteroatoms. The lowest BCUT2D eigenvalue weighted by Crippen LogP contribution is -2.14. The Morgan fingerprint density at radius 1 is 0.889 bits per heavy atom. The third-order valence-electron chi connectivity index (χ3n) is 4.09. The van der Waals surface area contributed by atoms with Gasteiger partial charge in [0.05, 0.1) is 15.9 Å². The van der Waals surface area contributed by atoms with Crippen molar-refractivity contribution in [3.8, 4) is 0 Å². The first-order valence-corrected chi connectivity index (χ1v) is 10.6. The molecule has 0 aliphatic heterocycles. The van der Waals surface area contributed by atoms with E-state index in [9.17, 15) is 12.8 Å². The smallest absolute Gasteiger partial charge is 0.222 e. The van der Waals surface area contributed by atoms with Crippen molar-refractivity contribution in [1.29, 1.82) is 0 Å². The average molecular weight is 398 g/mol. The molecule has 1 heterocycles. The Morgan fingerprint density at radius 3 is 2.33 bits per heavy atom. The molecule has 0 saturated carbocycles. The lowest BCUT2D eigenvalue weighted by molar-refractivity contribution is 0.584. The largest absolute Gasteiger partial charge is 0.270 e. The van der Waals surface area contributed by atoms with E-state index in [0.717, 1.165) is 0 Å². The number of rotatable bonds is 5. The van der Waals surface area contributed by atoms with Crippen LogP contribution in [0.25, 0.3) is 11.0 Å². The van der Waals surface area contributed by atoms with Gasteiger partial charge in [0, 0.05) is 5.75 Å². The third-order valence-corrected chi connectivity index (χ3v) is 6.91. The van der Waals surface area contributed by atoms with Crippen molar-refractivity contribution in [3.63, 3.8) is 0 Å². The summed E-state index contributed by atoms with van der Waals surface area (Å²) < 4.78 is 41.7. The molecule has 0 radical (unpaired) electrons. The maximum atomic E-state index is 13.9. The summed E-state index contributed by atoms with van der Waals surface area (Å²) in [5.74, 6) is -0.0427. The number of hydrogen-bond acceptors (Lipinski definition) is 4. The monoisotopic (exact) mass is 398 g/mol. The summed E-state index contributed by atoms with van der Waals surface area (Å²) in [6.07, 6.45) is 0. The molecule has 0 atom stereocenters. The van der Waals surface area contributed by atoms with E-state index in [4.69, 9.17) is 0 Å². The van der Waals surface area contributed by atoms with Gasteiger partial charge in [-0.1, -0.05) is 60.3 Å². The highest BCUT2D eigenvalue weighted by atomic mass is 32.2. The van der Waals surface area contributed by atoms with E-state index in [1.54, 1.807) is 72.8 Å². The number of imidazole rings is 1. The minimum absolute atomic E-state index is 0.181. The topological polar surface area (TPSA) is 52.0 Å². The zero-order chi connectivity index (χ0) is 18.9. The Hall–Kier alpha value is -2.64. The van der Waals surface area contributed by atoms with Crippen LogP contribution in [0.3, 0.4) is 0 Å². The summed E-state index contributed by atoms with van der Waals surface area (Å²) >= 11 is 1.19. The number of aromatic nitrogens is 2. The molecule has 4 rings (SSSR count). The van der Waals surface area contributed by atoms with Crippen LogP contribution >= 0.6 is 11.8 Å². The summed E-state index contributed by atoms with van der Waals surface area (Å²) in [6, 6.07) is 21.7. The molecule has 4 nitrogen and oxygen atoms in total. The molecule has 0 amide bonds. The van der Waals surface area contributed by atoms with Gasteiger partial charge < -0.3 is 0 Å². The summed E-state index contributed by atoms with van der Waals surface area (Å²) in [5.41, 5.74) is 1.57. The Labute approximate surface area is 160 Å². The van der Waals surface area contributed by atoms with Gasteiger partial charge in [-0.3, -0.25) is 0 Å². The highest BCUT2D eigenvalue weighted by molar-refractivity contribution is 7.99. The predicted molar refractivity (Wildman–Crippen MR) is 105 cm³/mol. The van der Waals surface area contributed by atoms with Crippen molar-refractivity contribution < 1.29 is 12.8 Å². The van der Waals surface area contributed by atoms with Crippen molar-refractivity contribution in [2.24, 2.45) is 0 Å². The molecule has 0 N–H and O–H groups in total. The second-order valence-electron chi connectivity index (χ2n) is 5.85. The highest BCUT2D eigenvalue weighted by Crippen LogP contribution is 2.31. The van der Waals surface area contributed by atoms with Gasteiger partial charge in [-0.2, -0.15) is 0 Å². The van der Waals surface area contributed by atoms with Crippen LogP contribution in [-0.4, -0.2) is 17.4 Å². The summed E-state index contributed by atoms with van der Waals surface area (Å²) in [6.45, 7) is 0.